The van der Waals surface area contributed by atoms with Gasteiger partial charge in [0.05, 0.1) is 19.6 Å². The molecule has 4 heteroatoms. The molecular weight excluding hydrogens is 193 g/mol. The molecule has 1 rings (SSSR count). The molecule has 13 heavy (non-hydrogen) atoms. The van der Waals surface area contributed by atoms with Crippen molar-refractivity contribution in [2.45, 2.75) is 6.42 Å². The number of hydrogen-bond donors (Lipinski definition) is 0. The Morgan fingerprint density at radius 1 is 1.62 bits per heavy atom. The van der Waals surface area contributed by atoms with Crippen molar-refractivity contribution >= 4 is 11.6 Å². The first kappa shape index (κ1) is 9.82. The molecule has 0 aromatic heterocycles. The maximum absolute atomic E-state index is 13.1. The van der Waals surface area contributed by atoms with E-state index in [4.69, 9.17) is 21.6 Å². The molecule has 1 aromatic rings. The van der Waals surface area contributed by atoms with Gasteiger partial charge in [0.25, 0.3) is 0 Å². The predicted molar refractivity (Wildman–Crippen MR) is 47.3 cm³/mol. The second-order valence-corrected chi connectivity index (χ2v) is 2.85. The van der Waals surface area contributed by atoms with Crippen molar-refractivity contribution in [1.82, 2.24) is 0 Å². The molecule has 1 aromatic carbocycles. The number of nitrogens with zero attached hydrogens (tertiary/aromatic N) is 1. The van der Waals surface area contributed by atoms with E-state index in [1.165, 1.54) is 13.2 Å². The van der Waals surface area contributed by atoms with E-state index in [1.807, 2.05) is 6.07 Å². The van der Waals surface area contributed by atoms with Gasteiger partial charge in [-0.15, -0.1) is 0 Å². The van der Waals surface area contributed by atoms with Crippen molar-refractivity contribution in [3.05, 3.63) is 28.5 Å². The third-order valence-electron chi connectivity index (χ3n) is 1.56. The highest BCUT2D eigenvalue weighted by molar-refractivity contribution is 6.30. The molecular formula is C9H7ClFNO. The molecule has 0 radical (unpaired) electrons. The average molecular weight is 200 g/mol. The van der Waals surface area contributed by atoms with Gasteiger partial charge in [-0.1, -0.05) is 11.6 Å². The zero-order valence-electron chi connectivity index (χ0n) is 6.97. The van der Waals surface area contributed by atoms with Crippen LogP contribution in [0.3, 0.4) is 0 Å². The molecule has 0 aliphatic heterocycles. The summed E-state index contributed by atoms with van der Waals surface area (Å²) in [6.07, 6.45) is 0.0840. The summed E-state index contributed by atoms with van der Waals surface area (Å²) in [5.41, 5.74) is 0.468. The summed E-state index contributed by atoms with van der Waals surface area (Å²) in [6.45, 7) is 0. The SMILES string of the molecule is COc1c(F)cc(Cl)cc1CC#N. The fourth-order valence-corrected chi connectivity index (χ4v) is 1.29. The Morgan fingerprint density at radius 2 is 2.31 bits per heavy atom. The molecule has 0 spiro atoms. The molecule has 2 nitrogen and oxygen atoms in total. The molecule has 0 aliphatic rings. The van der Waals surface area contributed by atoms with Crippen LogP contribution < -0.4 is 4.74 Å². The topological polar surface area (TPSA) is 33.0 Å². The number of methoxy groups -OCH3 is 1. The van der Waals surface area contributed by atoms with Crippen LogP contribution in [-0.2, 0) is 6.42 Å². The molecule has 0 aliphatic carbocycles. The van der Waals surface area contributed by atoms with E-state index >= 15 is 0 Å². The van der Waals surface area contributed by atoms with Crippen LogP contribution in [0.1, 0.15) is 5.56 Å². The van der Waals surface area contributed by atoms with E-state index in [0.717, 1.165) is 6.07 Å². The lowest BCUT2D eigenvalue weighted by atomic mass is 10.1. The van der Waals surface area contributed by atoms with Gasteiger partial charge in [0.2, 0.25) is 0 Å². The Labute approximate surface area is 80.5 Å². The van der Waals surface area contributed by atoms with E-state index in [1.54, 1.807) is 0 Å². The lowest BCUT2D eigenvalue weighted by molar-refractivity contribution is 0.382. The monoisotopic (exact) mass is 199 g/mol. The minimum Gasteiger partial charge on any atom is -0.493 e. The van der Waals surface area contributed by atoms with Gasteiger partial charge in [-0.2, -0.15) is 5.26 Å². The lowest BCUT2D eigenvalue weighted by Crippen LogP contribution is -1.94. The first-order chi connectivity index (χ1) is 6.19. The minimum absolute atomic E-state index is 0.0840. The van der Waals surface area contributed by atoms with Crippen molar-refractivity contribution in [2.75, 3.05) is 7.11 Å². The normalized spacial score (nSPS) is 9.38. The fraction of sp³-hybridized carbons (Fsp3) is 0.222. The number of halogens is 2. The van der Waals surface area contributed by atoms with Crippen LogP contribution in [0.5, 0.6) is 5.75 Å². The summed E-state index contributed by atoms with van der Waals surface area (Å²) >= 11 is 5.61. The van der Waals surface area contributed by atoms with E-state index in [2.05, 4.69) is 0 Å². The maximum atomic E-state index is 13.1. The highest BCUT2D eigenvalue weighted by Gasteiger charge is 2.10. The lowest BCUT2D eigenvalue weighted by Gasteiger charge is -2.06. The van der Waals surface area contributed by atoms with Gasteiger partial charge in [0.15, 0.2) is 11.6 Å². The Hall–Kier alpha value is -1.27. The minimum atomic E-state index is -0.541. The highest BCUT2D eigenvalue weighted by atomic mass is 35.5. The van der Waals surface area contributed by atoms with Gasteiger partial charge in [0.1, 0.15) is 0 Å². The molecule has 0 amide bonds. The summed E-state index contributed by atoms with van der Waals surface area (Å²) in [4.78, 5) is 0. The second-order valence-electron chi connectivity index (χ2n) is 2.41. The van der Waals surface area contributed by atoms with Crippen LogP contribution in [0.4, 0.5) is 4.39 Å². The molecule has 0 saturated carbocycles. The molecule has 0 heterocycles. The van der Waals surface area contributed by atoms with Crippen LogP contribution in [0.2, 0.25) is 5.02 Å². The van der Waals surface area contributed by atoms with Gasteiger partial charge in [-0.3, -0.25) is 0 Å². The van der Waals surface area contributed by atoms with Crippen LogP contribution in [0, 0.1) is 17.1 Å². The van der Waals surface area contributed by atoms with Gasteiger partial charge < -0.3 is 4.74 Å². The summed E-state index contributed by atoms with van der Waals surface area (Å²) in [7, 11) is 1.35. The molecule has 0 N–H and O–H groups in total. The second kappa shape index (κ2) is 4.11. The first-order valence-electron chi connectivity index (χ1n) is 3.58. The summed E-state index contributed by atoms with van der Waals surface area (Å²) in [5.74, 6) is -0.453. The maximum Gasteiger partial charge on any atom is 0.166 e. The molecule has 0 atom stereocenters. The zero-order valence-corrected chi connectivity index (χ0v) is 7.73. The molecule has 0 bridgehead atoms. The third-order valence-corrected chi connectivity index (χ3v) is 1.78. The third kappa shape index (κ3) is 2.10. The van der Waals surface area contributed by atoms with Crippen LogP contribution in [-0.4, -0.2) is 7.11 Å². The van der Waals surface area contributed by atoms with E-state index in [0.29, 0.717) is 5.56 Å². The van der Waals surface area contributed by atoms with Gasteiger partial charge in [-0.05, 0) is 12.1 Å². The van der Waals surface area contributed by atoms with E-state index in [9.17, 15) is 4.39 Å². The number of rotatable bonds is 2. The Balaban J connectivity index is 3.23. The fourth-order valence-electron chi connectivity index (χ4n) is 1.06. The quantitative estimate of drug-likeness (QED) is 0.734. The van der Waals surface area contributed by atoms with Gasteiger partial charge in [-0.25, -0.2) is 4.39 Å². The summed E-state index contributed by atoms with van der Waals surface area (Å²) < 4.78 is 17.9. The van der Waals surface area contributed by atoms with Crippen LogP contribution in [0.15, 0.2) is 12.1 Å². The Kier molecular flexibility index (Phi) is 3.10. The van der Waals surface area contributed by atoms with Crippen molar-refractivity contribution in [2.24, 2.45) is 0 Å². The molecule has 68 valence electrons. The number of hydrogen-bond acceptors (Lipinski definition) is 2. The Bertz CT molecular complexity index is 359. The van der Waals surface area contributed by atoms with Crippen molar-refractivity contribution < 1.29 is 9.13 Å². The van der Waals surface area contributed by atoms with Crippen molar-refractivity contribution in [1.29, 1.82) is 5.26 Å². The largest absolute Gasteiger partial charge is 0.493 e. The smallest absolute Gasteiger partial charge is 0.166 e. The predicted octanol–water partition coefficient (Wildman–Crippen LogP) is 2.55. The average Bonchev–Trinajstić information content (AvgIpc) is 2.04. The summed E-state index contributed by atoms with van der Waals surface area (Å²) in [6, 6.07) is 4.58. The molecule has 0 fully saturated rings. The summed E-state index contributed by atoms with van der Waals surface area (Å²) in [5, 5.41) is 8.72. The number of nitriles is 1. The highest BCUT2D eigenvalue weighted by Crippen LogP contribution is 2.26. The zero-order chi connectivity index (χ0) is 9.84. The van der Waals surface area contributed by atoms with E-state index in [-0.39, 0.29) is 17.2 Å². The number of ether oxygens (including phenoxy) is 1. The Morgan fingerprint density at radius 3 is 2.85 bits per heavy atom. The standard InChI is InChI=1S/C9H7ClFNO/c1-13-9-6(2-3-12)4-7(10)5-8(9)11/h4-5H,2H2,1H3. The van der Waals surface area contributed by atoms with Crippen molar-refractivity contribution in [3.63, 3.8) is 0 Å². The van der Waals surface area contributed by atoms with Crippen LogP contribution >= 0.6 is 11.6 Å². The van der Waals surface area contributed by atoms with Gasteiger partial charge in [0, 0.05) is 10.6 Å². The van der Waals surface area contributed by atoms with Gasteiger partial charge >= 0.3 is 0 Å². The van der Waals surface area contributed by atoms with E-state index < -0.39 is 5.82 Å². The molecule has 0 unspecified atom stereocenters. The first-order valence-corrected chi connectivity index (χ1v) is 3.95. The van der Waals surface area contributed by atoms with Crippen molar-refractivity contribution in [3.8, 4) is 11.8 Å². The van der Waals surface area contributed by atoms with Crippen LogP contribution in [0.25, 0.3) is 0 Å². The number of benzene rings is 1. The molecule has 0 saturated heterocycles.